The molecular formula is C33H58O3. The smallest absolute Gasteiger partial charge is 0.0612 e. The summed E-state index contributed by atoms with van der Waals surface area (Å²) in [4.78, 5) is 0. The molecule has 0 spiro atoms. The van der Waals surface area contributed by atoms with Gasteiger partial charge >= 0.3 is 0 Å². The first-order chi connectivity index (χ1) is 17.2. The molecule has 0 bridgehead atoms. The van der Waals surface area contributed by atoms with E-state index >= 15 is 0 Å². The molecule has 1 heterocycles. The quantitative estimate of drug-likeness (QED) is 0.341. The zero-order valence-electron chi connectivity index (χ0n) is 24.7. The molecule has 0 radical (unpaired) electrons. The maximum absolute atomic E-state index is 10.4. The van der Waals surface area contributed by atoms with Gasteiger partial charge in [0.1, 0.15) is 0 Å². The summed E-state index contributed by atoms with van der Waals surface area (Å²) in [5.74, 6) is 5.26. The predicted octanol–water partition coefficient (Wildman–Crippen LogP) is 8.06. The van der Waals surface area contributed by atoms with E-state index in [0.29, 0.717) is 28.8 Å². The summed E-state index contributed by atoms with van der Waals surface area (Å²) in [6.45, 7) is 18.8. The van der Waals surface area contributed by atoms with Crippen molar-refractivity contribution in [3.8, 4) is 0 Å². The summed E-state index contributed by atoms with van der Waals surface area (Å²) < 4.78 is 11.7. The standard InChI is InChI=1S/C31H52O3.C2H6/c1-20(2)29(32)11-6-21(3)26-9-10-27-25-8-7-23-16-24(34-19-22-17-33-18-22)12-14-30(23,4)28(25)13-15-31(26,27)5;1-2/h7,20-22,24-29,32H,6,8-19H2,1-5H3;1-2H3/t21-,24?,25?,26?,27?,28?,29?,30?,31?;/m1./s1. The van der Waals surface area contributed by atoms with Gasteiger partial charge in [0, 0.05) is 5.92 Å². The van der Waals surface area contributed by atoms with Crippen LogP contribution in [0.3, 0.4) is 0 Å². The Morgan fingerprint density at radius 2 is 1.75 bits per heavy atom. The van der Waals surface area contributed by atoms with Crippen molar-refractivity contribution in [2.75, 3.05) is 19.8 Å². The van der Waals surface area contributed by atoms with Crippen LogP contribution in [0.1, 0.15) is 113 Å². The molecular weight excluding hydrogens is 444 g/mol. The fourth-order valence-electron chi connectivity index (χ4n) is 9.37. The lowest BCUT2D eigenvalue weighted by molar-refractivity contribution is -0.100. The van der Waals surface area contributed by atoms with Crippen molar-refractivity contribution in [1.82, 2.24) is 0 Å². The van der Waals surface area contributed by atoms with Crippen LogP contribution < -0.4 is 0 Å². The van der Waals surface area contributed by atoms with E-state index in [4.69, 9.17) is 9.47 Å². The van der Waals surface area contributed by atoms with Crippen molar-refractivity contribution in [3.05, 3.63) is 11.6 Å². The molecule has 8 unspecified atom stereocenters. The monoisotopic (exact) mass is 502 g/mol. The molecule has 36 heavy (non-hydrogen) atoms. The van der Waals surface area contributed by atoms with Crippen LogP contribution in [0.4, 0.5) is 0 Å². The van der Waals surface area contributed by atoms with Crippen molar-refractivity contribution >= 4 is 0 Å². The number of aliphatic hydroxyl groups is 1. The average Bonchev–Trinajstić information content (AvgIpc) is 3.20. The third-order valence-corrected chi connectivity index (χ3v) is 11.8. The fraction of sp³-hybridized carbons (Fsp3) is 0.939. The van der Waals surface area contributed by atoms with Gasteiger partial charge in [-0.3, -0.25) is 0 Å². The highest BCUT2D eigenvalue weighted by molar-refractivity contribution is 5.25. The molecule has 3 nitrogen and oxygen atoms in total. The van der Waals surface area contributed by atoms with Crippen molar-refractivity contribution < 1.29 is 14.6 Å². The Bertz CT molecular complexity index is 741. The third-order valence-electron chi connectivity index (χ3n) is 11.8. The van der Waals surface area contributed by atoms with Gasteiger partial charge in [0.05, 0.1) is 32.0 Å². The van der Waals surface area contributed by atoms with E-state index in [-0.39, 0.29) is 6.10 Å². The average molecular weight is 503 g/mol. The topological polar surface area (TPSA) is 38.7 Å². The highest BCUT2D eigenvalue weighted by Crippen LogP contribution is 2.67. The molecule has 4 aliphatic carbocycles. The van der Waals surface area contributed by atoms with E-state index < -0.39 is 0 Å². The summed E-state index contributed by atoms with van der Waals surface area (Å²) in [5, 5.41) is 10.4. The molecule has 0 aromatic carbocycles. The molecule has 4 fully saturated rings. The van der Waals surface area contributed by atoms with Gasteiger partial charge in [0.2, 0.25) is 0 Å². The first kappa shape index (κ1) is 28.6. The van der Waals surface area contributed by atoms with Gasteiger partial charge in [-0.25, -0.2) is 0 Å². The molecule has 208 valence electrons. The van der Waals surface area contributed by atoms with Crippen LogP contribution in [0.25, 0.3) is 0 Å². The van der Waals surface area contributed by atoms with E-state index in [1.165, 1.54) is 57.8 Å². The van der Waals surface area contributed by atoms with Gasteiger partial charge in [0.15, 0.2) is 0 Å². The maximum atomic E-state index is 10.4. The zero-order valence-corrected chi connectivity index (χ0v) is 24.7. The van der Waals surface area contributed by atoms with Gasteiger partial charge in [0.25, 0.3) is 0 Å². The Kier molecular flexibility index (Phi) is 9.37. The maximum Gasteiger partial charge on any atom is 0.0612 e. The van der Waals surface area contributed by atoms with E-state index in [2.05, 4.69) is 40.7 Å². The molecule has 1 saturated heterocycles. The minimum absolute atomic E-state index is 0.133. The van der Waals surface area contributed by atoms with Crippen molar-refractivity contribution in [1.29, 1.82) is 0 Å². The highest BCUT2D eigenvalue weighted by atomic mass is 16.5. The molecule has 9 atom stereocenters. The van der Waals surface area contributed by atoms with E-state index in [1.807, 2.05) is 13.8 Å². The fourth-order valence-corrected chi connectivity index (χ4v) is 9.37. The van der Waals surface area contributed by atoms with Crippen molar-refractivity contribution in [2.24, 2.45) is 52.3 Å². The zero-order chi connectivity index (χ0) is 26.1. The molecule has 0 aromatic rings. The van der Waals surface area contributed by atoms with E-state index in [1.54, 1.807) is 5.57 Å². The van der Waals surface area contributed by atoms with Crippen LogP contribution in [-0.4, -0.2) is 37.1 Å². The second-order valence-corrected chi connectivity index (χ2v) is 14.0. The first-order valence-electron chi connectivity index (χ1n) is 15.8. The SMILES string of the molecule is CC.CC(C)C(O)CC[C@@H](C)C1CCC2C3CC=C4CC(OCC5COC5)CCC4(C)C3CCC21C. The van der Waals surface area contributed by atoms with Crippen LogP contribution in [0, 0.1) is 52.3 Å². The molecule has 0 amide bonds. The lowest BCUT2D eigenvalue weighted by Crippen LogP contribution is -2.51. The number of aliphatic hydroxyl groups excluding tert-OH is 1. The van der Waals surface area contributed by atoms with Crippen molar-refractivity contribution in [2.45, 2.75) is 125 Å². The van der Waals surface area contributed by atoms with Gasteiger partial charge in [-0.15, -0.1) is 0 Å². The lowest BCUT2D eigenvalue weighted by Gasteiger charge is -2.58. The normalized spacial score (nSPS) is 41.7. The number of hydrogen-bond acceptors (Lipinski definition) is 3. The largest absolute Gasteiger partial charge is 0.393 e. The molecule has 1 aliphatic heterocycles. The van der Waals surface area contributed by atoms with Gasteiger partial charge < -0.3 is 14.6 Å². The molecule has 1 N–H and O–H groups in total. The highest BCUT2D eigenvalue weighted by Gasteiger charge is 2.59. The summed E-state index contributed by atoms with van der Waals surface area (Å²) in [6.07, 6.45) is 15.9. The Labute approximate surface area is 223 Å². The molecule has 0 aromatic heterocycles. The van der Waals surface area contributed by atoms with Gasteiger partial charge in [-0.05, 0) is 111 Å². The van der Waals surface area contributed by atoms with Gasteiger partial charge in [-0.2, -0.15) is 0 Å². The summed E-state index contributed by atoms with van der Waals surface area (Å²) in [6, 6.07) is 0. The van der Waals surface area contributed by atoms with Crippen LogP contribution in [-0.2, 0) is 9.47 Å². The minimum Gasteiger partial charge on any atom is -0.393 e. The summed E-state index contributed by atoms with van der Waals surface area (Å²) >= 11 is 0. The number of rotatable bonds is 8. The van der Waals surface area contributed by atoms with Gasteiger partial charge in [-0.1, -0.05) is 60.1 Å². The Morgan fingerprint density at radius 1 is 1.00 bits per heavy atom. The number of ether oxygens (including phenoxy) is 2. The van der Waals surface area contributed by atoms with Crippen LogP contribution in [0.5, 0.6) is 0 Å². The Hall–Kier alpha value is -0.380. The molecule has 5 rings (SSSR count). The molecule has 3 saturated carbocycles. The van der Waals surface area contributed by atoms with E-state index in [0.717, 1.165) is 55.8 Å². The number of fused-ring (bicyclic) bond motifs is 5. The lowest BCUT2D eigenvalue weighted by atomic mass is 9.47. The van der Waals surface area contributed by atoms with Crippen molar-refractivity contribution in [3.63, 3.8) is 0 Å². The van der Waals surface area contributed by atoms with E-state index in [9.17, 15) is 5.11 Å². The second-order valence-electron chi connectivity index (χ2n) is 14.0. The first-order valence-corrected chi connectivity index (χ1v) is 15.8. The van der Waals surface area contributed by atoms with Crippen LogP contribution in [0.2, 0.25) is 0 Å². The summed E-state index contributed by atoms with van der Waals surface area (Å²) in [7, 11) is 0. The minimum atomic E-state index is -0.133. The number of hydrogen-bond donors (Lipinski definition) is 1. The van der Waals surface area contributed by atoms with Crippen LogP contribution in [0.15, 0.2) is 11.6 Å². The molecule has 3 heteroatoms. The Balaban J connectivity index is 0.00000148. The number of allylic oxidation sites excluding steroid dienone is 1. The second kappa shape index (κ2) is 11.8. The molecule has 5 aliphatic rings. The predicted molar refractivity (Wildman–Crippen MR) is 150 cm³/mol. The third kappa shape index (κ3) is 5.37. The van der Waals surface area contributed by atoms with Crippen LogP contribution >= 0.6 is 0 Å². The Morgan fingerprint density at radius 3 is 2.42 bits per heavy atom. The summed E-state index contributed by atoms with van der Waals surface area (Å²) in [5.41, 5.74) is 2.66.